The van der Waals surface area contributed by atoms with Crippen LogP contribution >= 0.6 is 11.8 Å². The number of nitrogens with one attached hydrogen (secondary N) is 1. The van der Waals surface area contributed by atoms with Gasteiger partial charge in [0.15, 0.2) is 0 Å². The van der Waals surface area contributed by atoms with Gasteiger partial charge in [-0.2, -0.15) is 11.8 Å². The average molecular weight is 331 g/mol. The van der Waals surface area contributed by atoms with Gasteiger partial charge >= 0.3 is 0 Å². The van der Waals surface area contributed by atoms with E-state index in [1.165, 1.54) is 0 Å². The third-order valence-electron chi connectivity index (χ3n) is 4.48. The molecule has 0 aromatic heterocycles. The van der Waals surface area contributed by atoms with Gasteiger partial charge in [-0.25, -0.2) is 0 Å². The Labute approximate surface area is 143 Å². The van der Waals surface area contributed by atoms with Gasteiger partial charge in [0.1, 0.15) is 5.54 Å². The average Bonchev–Trinajstić information content (AvgIpc) is 2.60. The van der Waals surface area contributed by atoms with E-state index in [1.54, 1.807) is 6.07 Å². The Morgan fingerprint density at radius 2 is 2.04 bits per heavy atom. The molecule has 1 amide bonds. The molecule has 124 valence electrons. The second-order valence-corrected chi connectivity index (χ2v) is 6.99. The van der Waals surface area contributed by atoms with Crippen LogP contribution in [0.1, 0.15) is 37.0 Å². The van der Waals surface area contributed by atoms with Crippen LogP contribution in [0.5, 0.6) is 0 Å². The quantitative estimate of drug-likeness (QED) is 0.643. The van der Waals surface area contributed by atoms with Crippen LogP contribution in [0.15, 0.2) is 18.2 Å². The second kappa shape index (κ2) is 7.65. The summed E-state index contributed by atoms with van der Waals surface area (Å²) in [7, 11) is 0. The molecule has 1 aromatic rings. The summed E-state index contributed by atoms with van der Waals surface area (Å²) in [6.45, 7) is 5.95. The largest absolute Gasteiger partial charge is 0.397 e. The minimum atomic E-state index is -0.589. The van der Waals surface area contributed by atoms with Gasteiger partial charge in [0.2, 0.25) is 0 Å². The smallest absolute Gasteiger partial charge is 0.252 e. The number of terminal acetylenes is 1. The zero-order valence-electron chi connectivity index (χ0n) is 13.9. The molecule has 3 N–H and O–H groups in total. The molecule has 0 unspecified atom stereocenters. The van der Waals surface area contributed by atoms with E-state index in [2.05, 4.69) is 16.1 Å². The fourth-order valence-electron chi connectivity index (χ4n) is 2.74. The van der Waals surface area contributed by atoms with Crippen molar-refractivity contribution in [3.8, 4) is 12.3 Å². The number of hydrogen-bond donors (Lipinski definition) is 2. The monoisotopic (exact) mass is 331 g/mol. The highest BCUT2D eigenvalue weighted by atomic mass is 32.2. The summed E-state index contributed by atoms with van der Waals surface area (Å²) >= 11 is 1.96. The molecule has 1 aliphatic heterocycles. The van der Waals surface area contributed by atoms with Crippen LogP contribution in [0, 0.1) is 12.3 Å². The van der Waals surface area contributed by atoms with E-state index in [4.69, 9.17) is 12.2 Å². The van der Waals surface area contributed by atoms with Crippen molar-refractivity contribution in [1.29, 1.82) is 0 Å². The summed E-state index contributed by atoms with van der Waals surface area (Å²) < 4.78 is 0. The molecule has 0 atom stereocenters. The Hall–Kier alpha value is -1.80. The molecule has 2 rings (SSSR count). The molecule has 5 heteroatoms. The van der Waals surface area contributed by atoms with Crippen LogP contribution in [-0.2, 0) is 0 Å². The molecular weight excluding hydrogens is 306 g/mol. The fourth-order valence-corrected chi connectivity index (χ4v) is 3.65. The molecule has 0 spiro atoms. The van der Waals surface area contributed by atoms with Crippen molar-refractivity contribution in [2.75, 3.05) is 35.2 Å². The van der Waals surface area contributed by atoms with E-state index in [-0.39, 0.29) is 5.91 Å². The SMILES string of the molecule is C#CC(CC)(CC)NC(=O)c1ccc(N2CCSCC2)c(N)c1. The van der Waals surface area contributed by atoms with Gasteiger partial charge in [0.05, 0.1) is 11.4 Å². The number of carbonyl (C=O) groups excluding carboxylic acids is 1. The minimum absolute atomic E-state index is 0.168. The second-order valence-electron chi connectivity index (χ2n) is 5.76. The first-order valence-corrected chi connectivity index (χ1v) is 9.23. The highest BCUT2D eigenvalue weighted by molar-refractivity contribution is 7.99. The van der Waals surface area contributed by atoms with Crippen LogP contribution in [0.3, 0.4) is 0 Å². The normalized spacial score (nSPS) is 15.1. The molecule has 1 saturated heterocycles. The van der Waals surface area contributed by atoms with Crippen molar-refractivity contribution in [3.63, 3.8) is 0 Å². The van der Waals surface area contributed by atoms with Crippen molar-refractivity contribution >= 4 is 29.0 Å². The number of anilines is 2. The van der Waals surface area contributed by atoms with E-state index >= 15 is 0 Å². The number of thioether (sulfide) groups is 1. The van der Waals surface area contributed by atoms with Crippen LogP contribution in [0.25, 0.3) is 0 Å². The van der Waals surface area contributed by atoms with Crippen molar-refractivity contribution in [2.24, 2.45) is 0 Å². The molecule has 1 fully saturated rings. The molecule has 4 nitrogen and oxygen atoms in total. The lowest BCUT2D eigenvalue weighted by molar-refractivity contribution is 0.0916. The number of rotatable bonds is 5. The Morgan fingerprint density at radius 1 is 1.39 bits per heavy atom. The summed E-state index contributed by atoms with van der Waals surface area (Å²) in [5.41, 5.74) is 7.80. The third-order valence-corrected chi connectivity index (χ3v) is 5.42. The van der Waals surface area contributed by atoms with E-state index < -0.39 is 5.54 Å². The van der Waals surface area contributed by atoms with Crippen molar-refractivity contribution < 1.29 is 4.79 Å². The van der Waals surface area contributed by atoms with E-state index in [9.17, 15) is 4.79 Å². The molecule has 0 radical (unpaired) electrons. The number of benzene rings is 1. The van der Waals surface area contributed by atoms with Gasteiger partial charge in [-0.1, -0.05) is 19.8 Å². The summed E-state index contributed by atoms with van der Waals surface area (Å²) in [5.74, 6) is 4.77. The summed E-state index contributed by atoms with van der Waals surface area (Å²) in [6.07, 6.45) is 7.01. The zero-order chi connectivity index (χ0) is 16.9. The third kappa shape index (κ3) is 3.94. The van der Waals surface area contributed by atoms with Crippen molar-refractivity contribution in [1.82, 2.24) is 5.32 Å². The topological polar surface area (TPSA) is 58.4 Å². The molecule has 0 aliphatic carbocycles. The lowest BCUT2D eigenvalue weighted by Gasteiger charge is -2.30. The highest BCUT2D eigenvalue weighted by Crippen LogP contribution is 2.27. The number of carbonyl (C=O) groups is 1. The Bertz CT molecular complexity index is 599. The number of nitrogens with two attached hydrogens (primary N) is 1. The van der Waals surface area contributed by atoms with Crippen molar-refractivity contribution in [3.05, 3.63) is 23.8 Å². The van der Waals surface area contributed by atoms with Gasteiger partial charge in [-0.05, 0) is 31.0 Å². The summed E-state index contributed by atoms with van der Waals surface area (Å²) in [6, 6.07) is 5.52. The van der Waals surface area contributed by atoms with Crippen molar-refractivity contribution in [2.45, 2.75) is 32.2 Å². The van der Waals surface area contributed by atoms with Crippen LogP contribution < -0.4 is 16.0 Å². The first-order valence-electron chi connectivity index (χ1n) is 8.07. The molecule has 1 heterocycles. The Kier molecular flexibility index (Phi) is 5.84. The van der Waals surface area contributed by atoms with E-state index in [0.717, 1.165) is 30.3 Å². The zero-order valence-corrected chi connectivity index (χ0v) is 14.7. The predicted octanol–water partition coefficient (Wildman–Crippen LogP) is 2.74. The molecular formula is C18H25N3OS. The number of nitrogen functional groups attached to an aromatic ring is 1. The molecule has 23 heavy (non-hydrogen) atoms. The predicted molar refractivity (Wildman–Crippen MR) is 100 cm³/mol. The van der Waals surface area contributed by atoms with Crippen LogP contribution in [0.2, 0.25) is 0 Å². The first kappa shape index (κ1) is 17.6. The Morgan fingerprint density at radius 3 is 2.57 bits per heavy atom. The van der Waals surface area contributed by atoms with Crippen LogP contribution in [-0.4, -0.2) is 36.0 Å². The standard InChI is InChI=1S/C18H25N3OS/c1-4-18(5-2,6-3)20-17(22)14-7-8-16(15(19)13-14)21-9-11-23-12-10-21/h1,7-8,13H,5-6,9-12,19H2,2-3H3,(H,20,22). The maximum Gasteiger partial charge on any atom is 0.252 e. The van der Waals surface area contributed by atoms with Gasteiger partial charge in [0.25, 0.3) is 5.91 Å². The van der Waals surface area contributed by atoms with Gasteiger partial charge in [0, 0.05) is 30.2 Å². The van der Waals surface area contributed by atoms with Gasteiger partial charge in [-0.3, -0.25) is 4.79 Å². The molecule has 0 saturated carbocycles. The maximum absolute atomic E-state index is 12.5. The van der Waals surface area contributed by atoms with Gasteiger partial charge in [-0.15, -0.1) is 6.42 Å². The molecule has 1 aromatic carbocycles. The lowest BCUT2D eigenvalue weighted by atomic mass is 9.93. The fraction of sp³-hybridized carbons (Fsp3) is 0.500. The molecule has 1 aliphatic rings. The lowest BCUT2D eigenvalue weighted by Crippen LogP contribution is -2.46. The summed E-state index contributed by atoms with van der Waals surface area (Å²) in [4.78, 5) is 14.8. The number of amides is 1. The highest BCUT2D eigenvalue weighted by Gasteiger charge is 2.26. The van der Waals surface area contributed by atoms with E-state index in [1.807, 2.05) is 37.7 Å². The maximum atomic E-state index is 12.5. The minimum Gasteiger partial charge on any atom is -0.397 e. The summed E-state index contributed by atoms with van der Waals surface area (Å²) in [5, 5.41) is 2.97. The van der Waals surface area contributed by atoms with Gasteiger partial charge < -0.3 is 16.0 Å². The van der Waals surface area contributed by atoms with E-state index in [0.29, 0.717) is 24.1 Å². The van der Waals surface area contributed by atoms with Crippen LogP contribution in [0.4, 0.5) is 11.4 Å². The Balaban J connectivity index is 2.16. The first-order chi connectivity index (χ1) is 11.0. The number of nitrogens with zero attached hydrogens (tertiary/aromatic N) is 1. The molecule has 0 bridgehead atoms. The number of hydrogen-bond acceptors (Lipinski definition) is 4.